The first-order valence-electron chi connectivity index (χ1n) is 10.8. The van der Waals surface area contributed by atoms with E-state index in [1.165, 1.54) is 90.1 Å². The van der Waals surface area contributed by atoms with Crippen molar-refractivity contribution in [2.75, 3.05) is 19.6 Å². The normalized spacial score (nSPS) is 18.4. The quantitative estimate of drug-likeness (QED) is 0.660. The molecule has 0 aromatic heterocycles. The summed E-state index contributed by atoms with van der Waals surface area (Å²) >= 11 is 0. The minimum Gasteiger partial charge on any atom is -0.478 e. The third-order valence-corrected chi connectivity index (χ3v) is 4.73. The van der Waals surface area contributed by atoms with Gasteiger partial charge in [0.25, 0.3) is 0 Å². The van der Waals surface area contributed by atoms with Crippen molar-refractivity contribution >= 4 is 12.2 Å². The first kappa shape index (κ1) is 23.4. The lowest BCUT2D eigenvalue weighted by atomic mass is 10.1. The Hall–Kier alpha value is -1.68. The number of nitrogens with one attached hydrogen (secondary N) is 1. The van der Waals surface area contributed by atoms with Gasteiger partial charge in [0.1, 0.15) is 0 Å². The Balaban J connectivity index is 0.000000337. The monoisotopic (exact) mass is 374 g/mol. The van der Waals surface area contributed by atoms with Gasteiger partial charge in [0.2, 0.25) is 0 Å². The highest BCUT2D eigenvalue weighted by Gasteiger charge is 1.97. The van der Waals surface area contributed by atoms with E-state index in [0.29, 0.717) is 5.56 Å². The highest BCUT2D eigenvalue weighted by molar-refractivity contribution is 5.87. The van der Waals surface area contributed by atoms with Gasteiger partial charge in [-0.2, -0.15) is 0 Å². The molecule has 4 heteroatoms. The van der Waals surface area contributed by atoms with Crippen LogP contribution < -0.4 is 5.32 Å². The smallest absolute Gasteiger partial charge is 0.335 e. The lowest BCUT2D eigenvalue weighted by molar-refractivity contribution is 0.0697. The Labute approximate surface area is 165 Å². The molecule has 0 amide bonds. The minimum atomic E-state index is -0.879. The Kier molecular flexibility index (Phi) is 15.3. The third-order valence-electron chi connectivity index (χ3n) is 4.73. The van der Waals surface area contributed by atoms with Crippen LogP contribution >= 0.6 is 0 Å². The predicted octanol–water partition coefficient (Wildman–Crippen LogP) is 5.73. The summed E-state index contributed by atoms with van der Waals surface area (Å²) in [5.41, 5.74) is 0.331. The van der Waals surface area contributed by atoms with E-state index in [1.807, 2.05) is 0 Å². The van der Waals surface area contributed by atoms with Crippen LogP contribution in [0.1, 0.15) is 87.4 Å². The first-order chi connectivity index (χ1) is 13.3. The first-order valence-corrected chi connectivity index (χ1v) is 10.8. The molecule has 1 aromatic carbocycles. The molecule has 152 valence electrons. The SMILES string of the molecule is C1=NCCCCCCCCCCNCCCCC1.O=C(O)c1ccccc1. The van der Waals surface area contributed by atoms with Gasteiger partial charge >= 0.3 is 5.97 Å². The number of hydrogen-bond acceptors (Lipinski definition) is 3. The van der Waals surface area contributed by atoms with E-state index in [-0.39, 0.29) is 0 Å². The molecular weight excluding hydrogens is 336 g/mol. The van der Waals surface area contributed by atoms with Crippen LogP contribution in [0.25, 0.3) is 0 Å². The average molecular weight is 375 g/mol. The van der Waals surface area contributed by atoms with Crippen molar-refractivity contribution in [3.05, 3.63) is 35.9 Å². The standard InChI is InChI=1S/C16H32N2.C7H6O2/c1-2-4-6-10-14-18-16-12-8-7-11-15-17-13-9-5-3-1;8-7(9)6-4-2-1-3-5-6/h15,18H,1-14,16H2;1-5H,(H,8,9). The van der Waals surface area contributed by atoms with E-state index in [9.17, 15) is 4.79 Å². The number of carboxylic acid groups (broad SMARTS) is 1. The van der Waals surface area contributed by atoms with Gasteiger partial charge in [-0.1, -0.05) is 63.1 Å². The minimum absolute atomic E-state index is 0.331. The molecule has 0 unspecified atom stereocenters. The zero-order chi connectivity index (χ0) is 19.4. The van der Waals surface area contributed by atoms with Crippen molar-refractivity contribution < 1.29 is 9.90 Å². The van der Waals surface area contributed by atoms with Crippen molar-refractivity contribution in [1.29, 1.82) is 0 Å². The van der Waals surface area contributed by atoms with Crippen LogP contribution in [0.4, 0.5) is 0 Å². The number of aromatic carboxylic acids is 1. The molecule has 4 nitrogen and oxygen atoms in total. The highest BCUT2D eigenvalue weighted by Crippen LogP contribution is 2.08. The maximum atomic E-state index is 10.2. The summed E-state index contributed by atoms with van der Waals surface area (Å²) in [7, 11) is 0. The van der Waals surface area contributed by atoms with Gasteiger partial charge in [-0.3, -0.25) is 4.99 Å². The summed E-state index contributed by atoms with van der Waals surface area (Å²) < 4.78 is 0. The lowest BCUT2D eigenvalue weighted by Crippen LogP contribution is -2.16. The molecule has 0 atom stereocenters. The van der Waals surface area contributed by atoms with Crippen molar-refractivity contribution in [2.24, 2.45) is 4.99 Å². The summed E-state index contributed by atoms with van der Waals surface area (Å²) in [5.74, 6) is -0.879. The molecular formula is C23H38N2O2. The van der Waals surface area contributed by atoms with Crippen LogP contribution in [-0.2, 0) is 0 Å². The summed E-state index contributed by atoms with van der Waals surface area (Å²) in [6, 6.07) is 8.30. The fourth-order valence-electron chi connectivity index (χ4n) is 3.06. The number of nitrogens with zero attached hydrogens (tertiary/aromatic N) is 1. The molecule has 0 bridgehead atoms. The lowest BCUT2D eigenvalue weighted by Gasteiger charge is -2.05. The van der Waals surface area contributed by atoms with Gasteiger partial charge in [-0.15, -0.1) is 0 Å². The summed E-state index contributed by atoms with van der Waals surface area (Å²) in [5, 5.41) is 11.9. The van der Waals surface area contributed by atoms with Gasteiger partial charge < -0.3 is 10.4 Å². The second-order valence-corrected chi connectivity index (χ2v) is 7.19. The van der Waals surface area contributed by atoms with E-state index in [4.69, 9.17) is 5.11 Å². The molecule has 1 heterocycles. The van der Waals surface area contributed by atoms with Gasteiger partial charge in [0.05, 0.1) is 5.56 Å². The molecule has 0 spiro atoms. The van der Waals surface area contributed by atoms with Gasteiger partial charge in [0.15, 0.2) is 0 Å². The second kappa shape index (κ2) is 17.7. The van der Waals surface area contributed by atoms with E-state index in [1.54, 1.807) is 30.3 Å². The zero-order valence-corrected chi connectivity index (χ0v) is 16.9. The largest absolute Gasteiger partial charge is 0.478 e. The molecule has 0 aliphatic carbocycles. The second-order valence-electron chi connectivity index (χ2n) is 7.19. The summed E-state index contributed by atoms with van der Waals surface area (Å²) in [6.45, 7) is 3.49. The highest BCUT2D eigenvalue weighted by atomic mass is 16.4. The Morgan fingerprint density at radius 1 is 0.778 bits per heavy atom. The van der Waals surface area contributed by atoms with Crippen LogP contribution in [0, 0.1) is 0 Å². The van der Waals surface area contributed by atoms with Crippen LogP contribution in [0.5, 0.6) is 0 Å². The van der Waals surface area contributed by atoms with Crippen molar-refractivity contribution in [1.82, 2.24) is 5.32 Å². The maximum absolute atomic E-state index is 10.2. The fraction of sp³-hybridized carbons (Fsp3) is 0.652. The third kappa shape index (κ3) is 15.1. The number of carboxylic acids is 1. The number of benzene rings is 1. The van der Waals surface area contributed by atoms with Crippen molar-refractivity contribution in [3.8, 4) is 0 Å². The Morgan fingerprint density at radius 3 is 1.93 bits per heavy atom. The number of carbonyl (C=O) groups is 1. The predicted molar refractivity (Wildman–Crippen MR) is 115 cm³/mol. The summed E-state index contributed by atoms with van der Waals surface area (Å²) in [6.07, 6.45) is 18.5. The van der Waals surface area contributed by atoms with E-state index in [2.05, 4.69) is 16.5 Å². The number of rotatable bonds is 1. The van der Waals surface area contributed by atoms with Crippen LogP contribution in [0.3, 0.4) is 0 Å². The Morgan fingerprint density at radius 2 is 1.33 bits per heavy atom. The molecule has 0 saturated carbocycles. The van der Waals surface area contributed by atoms with Crippen LogP contribution in [-0.4, -0.2) is 36.9 Å². The molecule has 0 saturated heterocycles. The molecule has 27 heavy (non-hydrogen) atoms. The van der Waals surface area contributed by atoms with Crippen LogP contribution in [0.15, 0.2) is 35.3 Å². The van der Waals surface area contributed by atoms with E-state index >= 15 is 0 Å². The molecule has 0 radical (unpaired) electrons. The summed E-state index contributed by atoms with van der Waals surface area (Å²) in [4.78, 5) is 14.7. The van der Waals surface area contributed by atoms with E-state index in [0.717, 1.165) is 6.54 Å². The molecule has 2 N–H and O–H groups in total. The molecule has 0 fully saturated rings. The Bertz CT molecular complexity index is 468. The van der Waals surface area contributed by atoms with Crippen molar-refractivity contribution in [2.45, 2.75) is 77.0 Å². The molecule has 1 aliphatic rings. The molecule has 1 aliphatic heterocycles. The van der Waals surface area contributed by atoms with E-state index < -0.39 is 5.97 Å². The maximum Gasteiger partial charge on any atom is 0.335 e. The zero-order valence-electron chi connectivity index (χ0n) is 16.9. The van der Waals surface area contributed by atoms with Gasteiger partial charge in [-0.25, -0.2) is 4.79 Å². The molecule has 2 rings (SSSR count). The average Bonchev–Trinajstić information content (AvgIpc) is 2.69. The van der Waals surface area contributed by atoms with Gasteiger partial charge in [-0.05, 0) is 63.5 Å². The van der Waals surface area contributed by atoms with Crippen LogP contribution in [0.2, 0.25) is 0 Å². The molecule has 1 aromatic rings. The number of hydrogen-bond donors (Lipinski definition) is 2. The fourth-order valence-corrected chi connectivity index (χ4v) is 3.06. The van der Waals surface area contributed by atoms with Gasteiger partial charge in [0, 0.05) is 6.54 Å². The number of aliphatic imine (C=N–C) groups is 1. The van der Waals surface area contributed by atoms with Crippen molar-refractivity contribution in [3.63, 3.8) is 0 Å². The topological polar surface area (TPSA) is 61.7 Å².